The summed E-state index contributed by atoms with van der Waals surface area (Å²) in [7, 11) is 0. The predicted molar refractivity (Wildman–Crippen MR) is 105 cm³/mol. The van der Waals surface area contributed by atoms with Crippen LogP contribution in [0.5, 0.6) is 0 Å². The second-order valence-electron chi connectivity index (χ2n) is 9.08. The zero-order valence-corrected chi connectivity index (χ0v) is 17.7. The molecular weight excluding hydrogens is 391 g/mol. The summed E-state index contributed by atoms with van der Waals surface area (Å²) >= 11 is 0. The number of ether oxygens (including phenoxy) is 1. The van der Waals surface area contributed by atoms with Gasteiger partial charge in [0.1, 0.15) is 37.0 Å². The van der Waals surface area contributed by atoms with Crippen LogP contribution in [-0.2, 0) is 16.1 Å². The van der Waals surface area contributed by atoms with Gasteiger partial charge in [-0.2, -0.15) is 10.4 Å². The molecule has 1 saturated heterocycles. The van der Waals surface area contributed by atoms with Crippen LogP contribution in [0.1, 0.15) is 46.5 Å². The minimum absolute atomic E-state index is 0.0120. The summed E-state index contributed by atoms with van der Waals surface area (Å²) in [5.74, 6) is -0.127. The lowest BCUT2D eigenvalue weighted by Crippen LogP contribution is -2.49. The first-order valence-electron chi connectivity index (χ1n) is 10.3. The van der Waals surface area contributed by atoms with Gasteiger partial charge in [0.05, 0.1) is 12.6 Å². The number of aromatic nitrogens is 3. The van der Waals surface area contributed by atoms with Gasteiger partial charge in [0.25, 0.3) is 0 Å². The van der Waals surface area contributed by atoms with E-state index in [2.05, 4.69) is 10.1 Å². The van der Waals surface area contributed by atoms with E-state index in [4.69, 9.17) is 4.74 Å². The maximum atomic E-state index is 13.8. The first kappa shape index (κ1) is 22.0. The van der Waals surface area contributed by atoms with Gasteiger partial charge in [-0.15, -0.1) is 0 Å². The zero-order valence-electron chi connectivity index (χ0n) is 17.7. The number of nitrogens with zero attached hydrogens (tertiary/aromatic N) is 6. The SMILES string of the molecule is CC(C)(C)OC(=O)N(CC(=O)N1C[C@@H](F)C[C@H]1C#N)[C@H]1CC[C@@H](Cn2cncn2)C1. The van der Waals surface area contributed by atoms with Gasteiger partial charge >= 0.3 is 6.09 Å². The lowest BCUT2D eigenvalue weighted by molar-refractivity contribution is -0.133. The van der Waals surface area contributed by atoms with Gasteiger partial charge in [-0.25, -0.2) is 14.2 Å². The van der Waals surface area contributed by atoms with E-state index in [0.717, 1.165) is 12.8 Å². The highest BCUT2D eigenvalue weighted by Gasteiger charge is 2.40. The van der Waals surface area contributed by atoms with Crippen LogP contribution in [0.15, 0.2) is 12.7 Å². The van der Waals surface area contributed by atoms with Gasteiger partial charge in [-0.05, 0) is 46.0 Å². The molecule has 0 radical (unpaired) electrons. The van der Waals surface area contributed by atoms with Gasteiger partial charge in [-0.1, -0.05) is 0 Å². The van der Waals surface area contributed by atoms with E-state index in [9.17, 15) is 19.2 Å². The Labute approximate surface area is 175 Å². The van der Waals surface area contributed by atoms with E-state index in [1.165, 1.54) is 16.1 Å². The standard InChI is InChI=1S/C20H29FN6O3/c1-20(2,3)30-19(29)27(11-18(28)26-10-15(21)7-17(26)8-22)16-5-4-14(6-16)9-25-13-23-12-24-25/h12-17H,4-7,9-11H2,1-3H3/t14-,15+,16+,17+/m1/s1. The van der Waals surface area contributed by atoms with Crippen LogP contribution in [0.25, 0.3) is 0 Å². The quantitative estimate of drug-likeness (QED) is 0.723. The Morgan fingerprint density at radius 2 is 2.10 bits per heavy atom. The van der Waals surface area contributed by atoms with Crippen molar-refractivity contribution in [1.29, 1.82) is 5.26 Å². The van der Waals surface area contributed by atoms with Crippen LogP contribution in [-0.4, -0.2) is 73.5 Å². The molecule has 30 heavy (non-hydrogen) atoms. The molecule has 2 fully saturated rings. The Kier molecular flexibility index (Phi) is 6.58. The van der Waals surface area contributed by atoms with E-state index < -0.39 is 29.8 Å². The third-order valence-corrected chi connectivity index (χ3v) is 5.52. The topological polar surface area (TPSA) is 104 Å². The summed E-state index contributed by atoms with van der Waals surface area (Å²) in [6.07, 6.45) is 3.70. The van der Waals surface area contributed by atoms with Gasteiger partial charge < -0.3 is 9.64 Å². The molecule has 1 aliphatic heterocycles. The summed E-state index contributed by atoms with van der Waals surface area (Å²) in [5, 5.41) is 13.4. The zero-order chi connectivity index (χ0) is 21.9. The minimum Gasteiger partial charge on any atom is -0.444 e. The molecule has 0 N–H and O–H groups in total. The monoisotopic (exact) mass is 420 g/mol. The van der Waals surface area contributed by atoms with Crippen LogP contribution >= 0.6 is 0 Å². The summed E-state index contributed by atoms with van der Waals surface area (Å²) in [5.41, 5.74) is -0.704. The number of alkyl halides is 1. The number of likely N-dealkylation sites (tertiary alicyclic amines) is 1. The Bertz CT molecular complexity index is 787. The Hall–Kier alpha value is -2.70. The molecule has 4 atom stereocenters. The Morgan fingerprint density at radius 3 is 2.73 bits per heavy atom. The summed E-state index contributed by atoms with van der Waals surface area (Å²) in [6, 6.07) is 1.02. The maximum Gasteiger partial charge on any atom is 0.411 e. The number of hydrogen-bond donors (Lipinski definition) is 0. The molecule has 0 aromatic carbocycles. The smallest absolute Gasteiger partial charge is 0.411 e. The molecule has 0 bridgehead atoms. The lowest BCUT2D eigenvalue weighted by atomic mass is 10.1. The fraction of sp³-hybridized carbons (Fsp3) is 0.750. The van der Waals surface area contributed by atoms with Crippen molar-refractivity contribution >= 4 is 12.0 Å². The van der Waals surface area contributed by atoms with E-state index in [-0.39, 0.29) is 25.6 Å². The number of amides is 2. The molecule has 164 valence electrons. The van der Waals surface area contributed by atoms with Gasteiger partial charge in [0.15, 0.2) is 0 Å². The van der Waals surface area contributed by atoms with Crippen LogP contribution in [0.2, 0.25) is 0 Å². The normalized spacial score (nSPS) is 26.4. The first-order chi connectivity index (χ1) is 14.2. The number of carbonyl (C=O) groups is 2. The lowest BCUT2D eigenvalue weighted by Gasteiger charge is -2.33. The van der Waals surface area contributed by atoms with Crippen LogP contribution in [0.3, 0.4) is 0 Å². The fourth-order valence-electron chi connectivity index (χ4n) is 4.17. The highest BCUT2D eigenvalue weighted by Crippen LogP contribution is 2.32. The molecule has 1 saturated carbocycles. The van der Waals surface area contributed by atoms with E-state index in [1.54, 1.807) is 31.8 Å². The minimum atomic E-state index is -1.22. The van der Waals surface area contributed by atoms with E-state index >= 15 is 0 Å². The predicted octanol–water partition coefficient (Wildman–Crippen LogP) is 2.15. The van der Waals surface area contributed by atoms with Crippen molar-refractivity contribution in [2.24, 2.45) is 5.92 Å². The molecule has 0 unspecified atom stereocenters. The molecule has 10 heteroatoms. The fourth-order valence-corrected chi connectivity index (χ4v) is 4.17. The highest BCUT2D eigenvalue weighted by atomic mass is 19.1. The van der Waals surface area contributed by atoms with Crippen LogP contribution in [0.4, 0.5) is 9.18 Å². The molecule has 1 aliphatic carbocycles. The molecule has 2 heterocycles. The average Bonchev–Trinajstić information content (AvgIpc) is 3.39. The first-order valence-corrected chi connectivity index (χ1v) is 10.3. The van der Waals surface area contributed by atoms with Crippen molar-refractivity contribution in [2.75, 3.05) is 13.1 Å². The van der Waals surface area contributed by atoms with Crippen molar-refractivity contribution < 1.29 is 18.7 Å². The number of nitriles is 1. The Morgan fingerprint density at radius 1 is 1.33 bits per heavy atom. The third-order valence-electron chi connectivity index (χ3n) is 5.52. The molecule has 1 aromatic heterocycles. The maximum absolute atomic E-state index is 13.8. The van der Waals surface area contributed by atoms with Crippen LogP contribution < -0.4 is 0 Å². The number of hydrogen-bond acceptors (Lipinski definition) is 6. The molecule has 9 nitrogen and oxygen atoms in total. The highest BCUT2D eigenvalue weighted by molar-refractivity contribution is 5.83. The average molecular weight is 420 g/mol. The second kappa shape index (κ2) is 8.98. The Balaban J connectivity index is 1.70. The summed E-state index contributed by atoms with van der Waals surface area (Å²) < 4.78 is 21.1. The number of rotatable bonds is 5. The van der Waals surface area contributed by atoms with Crippen molar-refractivity contribution in [3.05, 3.63) is 12.7 Å². The molecule has 2 amide bonds. The van der Waals surface area contributed by atoms with Crippen molar-refractivity contribution in [3.8, 4) is 6.07 Å². The largest absolute Gasteiger partial charge is 0.444 e. The van der Waals surface area contributed by atoms with Gasteiger partial charge in [-0.3, -0.25) is 14.4 Å². The number of carbonyl (C=O) groups excluding carboxylic acids is 2. The van der Waals surface area contributed by atoms with Crippen molar-refractivity contribution in [3.63, 3.8) is 0 Å². The number of halogens is 1. The van der Waals surface area contributed by atoms with Crippen molar-refractivity contribution in [1.82, 2.24) is 24.6 Å². The van der Waals surface area contributed by atoms with Gasteiger partial charge in [0, 0.05) is 19.0 Å². The third kappa shape index (κ3) is 5.46. The second-order valence-corrected chi connectivity index (χ2v) is 9.08. The molecular formula is C20H29FN6O3. The van der Waals surface area contributed by atoms with E-state index in [1.807, 2.05) is 6.07 Å². The summed E-state index contributed by atoms with van der Waals surface area (Å²) in [4.78, 5) is 32.4. The molecule has 1 aromatic rings. The van der Waals surface area contributed by atoms with E-state index in [0.29, 0.717) is 18.9 Å². The summed E-state index contributed by atoms with van der Waals surface area (Å²) in [6.45, 7) is 5.67. The molecule has 0 spiro atoms. The van der Waals surface area contributed by atoms with Crippen molar-refractivity contribution in [2.45, 2.75) is 76.9 Å². The molecule has 3 rings (SSSR count). The van der Waals surface area contributed by atoms with Gasteiger partial charge in [0.2, 0.25) is 5.91 Å². The van der Waals surface area contributed by atoms with Crippen LogP contribution in [0, 0.1) is 17.2 Å². The molecule has 2 aliphatic rings.